The summed E-state index contributed by atoms with van der Waals surface area (Å²) in [5, 5.41) is 12.8. The van der Waals surface area contributed by atoms with E-state index in [1.807, 2.05) is 31.9 Å². The van der Waals surface area contributed by atoms with Crippen molar-refractivity contribution in [2.75, 3.05) is 13.1 Å². The molecule has 1 saturated carbocycles. The third-order valence-electron chi connectivity index (χ3n) is 5.85. The van der Waals surface area contributed by atoms with Crippen LogP contribution in [0.5, 0.6) is 0 Å². The number of rotatable bonds is 4. The van der Waals surface area contributed by atoms with Crippen LogP contribution in [0.15, 0.2) is 10.5 Å². The molecule has 3 heterocycles. The van der Waals surface area contributed by atoms with Gasteiger partial charge in [-0.1, -0.05) is 13.3 Å². The zero-order valence-electron chi connectivity index (χ0n) is 15.2. The summed E-state index contributed by atoms with van der Waals surface area (Å²) >= 11 is 0. The van der Waals surface area contributed by atoms with Crippen LogP contribution in [0.4, 0.5) is 0 Å². The molecule has 0 aromatic carbocycles. The van der Waals surface area contributed by atoms with Crippen molar-refractivity contribution in [2.45, 2.75) is 51.4 Å². The fourth-order valence-corrected chi connectivity index (χ4v) is 4.52. The van der Waals surface area contributed by atoms with E-state index in [1.165, 1.54) is 0 Å². The van der Waals surface area contributed by atoms with Crippen LogP contribution in [-0.4, -0.2) is 43.9 Å². The van der Waals surface area contributed by atoms with Crippen LogP contribution in [0, 0.1) is 12.8 Å². The number of aryl methyl sites for hydroxylation is 3. The lowest BCUT2D eigenvalue weighted by Gasteiger charge is -2.24. The lowest BCUT2D eigenvalue weighted by molar-refractivity contribution is -0.129. The van der Waals surface area contributed by atoms with E-state index in [9.17, 15) is 4.79 Å². The standard InChI is InChI=1S/C18H25N5O2/c1-4-15-19-20-17(25-15)18-7-5-6-13(18)10-23(11-18)16(24)9-14-8-12(2)21-22(14)3/h8,13H,4-7,9-11H2,1-3H3/t13-,18-/m0/s1. The van der Waals surface area contributed by atoms with Gasteiger partial charge in [0, 0.05) is 32.3 Å². The number of amides is 1. The Labute approximate surface area is 147 Å². The third-order valence-corrected chi connectivity index (χ3v) is 5.85. The summed E-state index contributed by atoms with van der Waals surface area (Å²) in [5.74, 6) is 2.01. The maximum absolute atomic E-state index is 12.9. The number of carbonyl (C=O) groups excluding carboxylic acids is 1. The van der Waals surface area contributed by atoms with Gasteiger partial charge >= 0.3 is 0 Å². The summed E-state index contributed by atoms with van der Waals surface area (Å²) in [4.78, 5) is 14.8. The maximum Gasteiger partial charge on any atom is 0.228 e. The summed E-state index contributed by atoms with van der Waals surface area (Å²) in [5.41, 5.74) is 1.76. The van der Waals surface area contributed by atoms with Crippen LogP contribution in [0.1, 0.15) is 49.4 Å². The molecule has 4 rings (SSSR count). The lowest BCUT2D eigenvalue weighted by Crippen LogP contribution is -2.35. The average molecular weight is 343 g/mol. The molecule has 0 spiro atoms. The van der Waals surface area contributed by atoms with Crippen molar-refractivity contribution in [3.63, 3.8) is 0 Å². The molecule has 7 heteroatoms. The third kappa shape index (κ3) is 2.65. The van der Waals surface area contributed by atoms with Gasteiger partial charge in [0.1, 0.15) is 0 Å². The summed E-state index contributed by atoms with van der Waals surface area (Å²) in [7, 11) is 1.89. The highest BCUT2D eigenvalue weighted by Gasteiger charge is 2.55. The predicted molar refractivity (Wildman–Crippen MR) is 90.9 cm³/mol. The molecule has 134 valence electrons. The zero-order chi connectivity index (χ0) is 17.6. The van der Waals surface area contributed by atoms with Gasteiger partial charge in [0.25, 0.3) is 0 Å². The zero-order valence-corrected chi connectivity index (χ0v) is 15.2. The number of fused-ring (bicyclic) bond motifs is 1. The molecule has 0 bridgehead atoms. The summed E-state index contributed by atoms with van der Waals surface area (Å²) in [6, 6.07) is 1.98. The van der Waals surface area contributed by atoms with Crippen LogP contribution < -0.4 is 0 Å². The molecule has 2 aliphatic rings. The maximum atomic E-state index is 12.9. The molecule has 25 heavy (non-hydrogen) atoms. The molecule has 2 aromatic rings. The van der Waals surface area contributed by atoms with Crippen molar-refractivity contribution < 1.29 is 9.21 Å². The fraction of sp³-hybridized carbons (Fsp3) is 0.667. The van der Waals surface area contributed by atoms with Crippen molar-refractivity contribution in [1.29, 1.82) is 0 Å². The SMILES string of the molecule is CCc1nnc([C@]23CCC[C@H]2CN(C(=O)Cc2cc(C)nn2C)C3)o1. The highest BCUT2D eigenvalue weighted by Crippen LogP contribution is 2.50. The topological polar surface area (TPSA) is 77.1 Å². The van der Waals surface area contributed by atoms with Gasteiger partial charge in [0.15, 0.2) is 0 Å². The first-order valence-corrected chi connectivity index (χ1v) is 9.12. The smallest absolute Gasteiger partial charge is 0.228 e. The van der Waals surface area contributed by atoms with Crippen LogP contribution in [-0.2, 0) is 30.1 Å². The normalized spacial score (nSPS) is 25.6. The molecule has 0 unspecified atom stereocenters. The summed E-state index contributed by atoms with van der Waals surface area (Å²) < 4.78 is 7.71. The van der Waals surface area contributed by atoms with E-state index in [0.717, 1.165) is 49.5 Å². The Balaban J connectivity index is 1.54. The quantitative estimate of drug-likeness (QED) is 0.846. The number of likely N-dealkylation sites (tertiary alicyclic amines) is 1. The predicted octanol–water partition coefficient (Wildman–Crippen LogP) is 1.80. The molecular formula is C18H25N5O2. The van der Waals surface area contributed by atoms with Crippen LogP contribution in [0.2, 0.25) is 0 Å². The van der Waals surface area contributed by atoms with Crippen LogP contribution >= 0.6 is 0 Å². The van der Waals surface area contributed by atoms with Crippen molar-refractivity contribution >= 4 is 5.91 Å². The molecule has 2 fully saturated rings. The van der Waals surface area contributed by atoms with Gasteiger partial charge in [-0.2, -0.15) is 5.10 Å². The monoisotopic (exact) mass is 343 g/mol. The molecule has 2 atom stereocenters. The fourth-order valence-electron chi connectivity index (χ4n) is 4.52. The van der Waals surface area contributed by atoms with Gasteiger partial charge < -0.3 is 9.32 Å². The minimum atomic E-state index is -0.140. The van der Waals surface area contributed by atoms with Gasteiger partial charge in [0.05, 0.1) is 17.5 Å². The lowest BCUT2D eigenvalue weighted by atomic mass is 9.80. The Morgan fingerprint density at radius 3 is 2.96 bits per heavy atom. The van der Waals surface area contributed by atoms with E-state index in [1.54, 1.807) is 4.68 Å². The second-order valence-corrected chi connectivity index (χ2v) is 7.45. The molecule has 0 radical (unpaired) electrons. The molecule has 2 aromatic heterocycles. The molecule has 7 nitrogen and oxygen atoms in total. The minimum Gasteiger partial charge on any atom is -0.425 e. The van der Waals surface area contributed by atoms with Gasteiger partial charge in [-0.05, 0) is 31.7 Å². The first-order chi connectivity index (χ1) is 12.0. The Bertz CT molecular complexity index is 795. The van der Waals surface area contributed by atoms with Crippen LogP contribution in [0.3, 0.4) is 0 Å². The van der Waals surface area contributed by atoms with Gasteiger partial charge in [-0.25, -0.2) is 0 Å². The number of hydrogen-bond acceptors (Lipinski definition) is 5. The highest BCUT2D eigenvalue weighted by molar-refractivity contribution is 5.79. The Hall–Kier alpha value is -2.18. The summed E-state index contributed by atoms with van der Waals surface area (Å²) in [6.07, 6.45) is 4.45. The van der Waals surface area contributed by atoms with E-state index in [-0.39, 0.29) is 11.3 Å². The van der Waals surface area contributed by atoms with Gasteiger partial charge in [0.2, 0.25) is 17.7 Å². The first-order valence-electron chi connectivity index (χ1n) is 9.12. The molecule has 1 saturated heterocycles. The Morgan fingerprint density at radius 2 is 2.28 bits per heavy atom. The van der Waals surface area contributed by atoms with Gasteiger partial charge in [-0.15, -0.1) is 10.2 Å². The van der Waals surface area contributed by atoms with Crippen LogP contribution in [0.25, 0.3) is 0 Å². The number of hydrogen-bond donors (Lipinski definition) is 0. The largest absolute Gasteiger partial charge is 0.425 e. The molecule has 1 aliphatic heterocycles. The van der Waals surface area contributed by atoms with E-state index < -0.39 is 0 Å². The van der Waals surface area contributed by atoms with E-state index >= 15 is 0 Å². The molecule has 0 N–H and O–H groups in total. The first kappa shape index (κ1) is 16.3. The summed E-state index contributed by atoms with van der Waals surface area (Å²) in [6.45, 7) is 5.45. The second kappa shape index (κ2) is 5.97. The second-order valence-electron chi connectivity index (χ2n) is 7.45. The number of aromatic nitrogens is 4. The van der Waals surface area contributed by atoms with E-state index in [0.29, 0.717) is 24.8 Å². The highest BCUT2D eigenvalue weighted by atomic mass is 16.4. The Morgan fingerprint density at radius 1 is 1.44 bits per heavy atom. The number of nitrogens with zero attached hydrogens (tertiary/aromatic N) is 5. The molecule has 1 aliphatic carbocycles. The molecular weight excluding hydrogens is 318 g/mol. The Kier molecular flexibility index (Phi) is 3.89. The van der Waals surface area contributed by atoms with Crippen molar-refractivity contribution in [1.82, 2.24) is 24.9 Å². The average Bonchev–Trinajstić information content (AvgIpc) is 3.30. The van der Waals surface area contributed by atoms with Crippen molar-refractivity contribution in [2.24, 2.45) is 13.0 Å². The molecule has 1 amide bonds. The van der Waals surface area contributed by atoms with Crippen molar-refractivity contribution in [3.8, 4) is 0 Å². The van der Waals surface area contributed by atoms with E-state index in [2.05, 4.69) is 15.3 Å². The minimum absolute atomic E-state index is 0.140. The van der Waals surface area contributed by atoms with Crippen molar-refractivity contribution in [3.05, 3.63) is 29.2 Å². The van der Waals surface area contributed by atoms with E-state index in [4.69, 9.17) is 4.42 Å². The van der Waals surface area contributed by atoms with Gasteiger partial charge in [-0.3, -0.25) is 9.48 Å². The number of carbonyl (C=O) groups is 1.